The molecule has 0 saturated carbocycles. The van der Waals surface area contributed by atoms with Gasteiger partial charge in [0.05, 0.1) is 11.6 Å². The molecule has 2 aliphatic rings. The molecule has 2 amide bonds. The van der Waals surface area contributed by atoms with Crippen molar-refractivity contribution in [2.45, 2.75) is 18.3 Å². The molecule has 5 nitrogen and oxygen atoms in total. The summed E-state index contributed by atoms with van der Waals surface area (Å²) in [5, 5.41) is 2.85. The van der Waals surface area contributed by atoms with Crippen molar-refractivity contribution in [3.05, 3.63) is 36.0 Å². The fourth-order valence-corrected chi connectivity index (χ4v) is 2.88. The maximum absolute atomic E-state index is 12.3. The predicted octanol–water partition coefficient (Wildman–Crippen LogP) is 0.844. The summed E-state index contributed by atoms with van der Waals surface area (Å²) in [5.41, 5.74) is 0.950. The molecule has 0 aromatic heterocycles. The number of fused-ring (bicyclic) bond motifs is 2. The van der Waals surface area contributed by atoms with Gasteiger partial charge in [-0.3, -0.25) is 9.59 Å². The molecular weight excluding hydrogens is 244 g/mol. The molecular formula is C14H12N2O3. The zero-order valence-corrected chi connectivity index (χ0v) is 10.2. The van der Waals surface area contributed by atoms with Crippen molar-refractivity contribution in [3.8, 4) is 0 Å². The van der Waals surface area contributed by atoms with Gasteiger partial charge >= 0.3 is 0 Å². The van der Waals surface area contributed by atoms with E-state index in [0.717, 1.165) is 17.5 Å². The molecule has 1 aromatic carbocycles. The normalized spacial score (nSPS) is 24.9. The Hall–Kier alpha value is -2.39. The molecule has 2 aliphatic heterocycles. The SMILES string of the molecule is O=C=CN1CC2(CCC1=O)C(=O)Nc1ccccc12. The van der Waals surface area contributed by atoms with Gasteiger partial charge in [-0.2, -0.15) is 0 Å². The van der Waals surface area contributed by atoms with E-state index in [1.807, 2.05) is 24.3 Å². The zero-order chi connectivity index (χ0) is 13.5. The lowest BCUT2D eigenvalue weighted by Crippen LogP contribution is -2.50. The lowest BCUT2D eigenvalue weighted by Gasteiger charge is -2.36. The first-order chi connectivity index (χ1) is 9.17. The second kappa shape index (κ2) is 4.07. The molecule has 1 atom stereocenters. The zero-order valence-electron chi connectivity index (χ0n) is 10.2. The van der Waals surface area contributed by atoms with Crippen molar-refractivity contribution in [1.82, 2.24) is 4.90 Å². The van der Waals surface area contributed by atoms with Crippen LogP contribution in [0.1, 0.15) is 18.4 Å². The van der Waals surface area contributed by atoms with Crippen molar-refractivity contribution >= 4 is 23.4 Å². The van der Waals surface area contributed by atoms with Gasteiger partial charge in [-0.1, -0.05) is 18.2 Å². The van der Waals surface area contributed by atoms with E-state index in [4.69, 9.17) is 0 Å². The number of hydrogen-bond acceptors (Lipinski definition) is 3. The standard InChI is InChI=1S/C14H12N2O3/c17-8-7-16-9-14(6-5-12(16)18)10-3-1-2-4-11(10)15-13(14)19/h1-4,7H,5-6,9H2,(H,15,19). The van der Waals surface area contributed by atoms with Gasteiger partial charge in [-0.25, -0.2) is 4.79 Å². The molecule has 1 fully saturated rings. The van der Waals surface area contributed by atoms with Crippen LogP contribution in [0, 0.1) is 0 Å². The Bertz CT molecular complexity index is 619. The average molecular weight is 256 g/mol. The molecule has 1 unspecified atom stereocenters. The first-order valence-electron chi connectivity index (χ1n) is 6.09. The highest BCUT2D eigenvalue weighted by Crippen LogP contribution is 2.43. The van der Waals surface area contributed by atoms with Crippen molar-refractivity contribution in [2.24, 2.45) is 0 Å². The van der Waals surface area contributed by atoms with Gasteiger partial charge in [0.2, 0.25) is 11.8 Å². The molecule has 3 rings (SSSR count). The van der Waals surface area contributed by atoms with E-state index >= 15 is 0 Å². The quantitative estimate of drug-likeness (QED) is 0.757. The lowest BCUT2D eigenvalue weighted by atomic mass is 9.75. The number of carbonyl (C=O) groups excluding carboxylic acids is 3. The Kier molecular flexibility index (Phi) is 2.50. The van der Waals surface area contributed by atoms with Crippen molar-refractivity contribution in [2.75, 3.05) is 11.9 Å². The highest BCUT2D eigenvalue weighted by molar-refractivity contribution is 6.07. The van der Waals surface area contributed by atoms with Gasteiger partial charge in [-0.05, 0) is 18.1 Å². The monoisotopic (exact) mass is 256 g/mol. The Morgan fingerprint density at radius 1 is 1.32 bits per heavy atom. The minimum atomic E-state index is -0.738. The van der Waals surface area contributed by atoms with Crippen LogP contribution in [0.4, 0.5) is 5.69 Å². The first kappa shape index (κ1) is 11.7. The summed E-state index contributed by atoms with van der Waals surface area (Å²) >= 11 is 0. The number of hydrogen-bond donors (Lipinski definition) is 1. The number of piperidine rings is 1. The molecule has 19 heavy (non-hydrogen) atoms. The number of likely N-dealkylation sites (tertiary alicyclic amines) is 1. The second-order valence-corrected chi connectivity index (χ2v) is 4.85. The third-order valence-corrected chi connectivity index (χ3v) is 3.86. The molecule has 2 heterocycles. The maximum Gasteiger partial charge on any atom is 0.236 e. The predicted molar refractivity (Wildman–Crippen MR) is 68.0 cm³/mol. The van der Waals surface area contributed by atoms with Crippen LogP contribution in [-0.4, -0.2) is 29.2 Å². The molecule has 0 aliphatic carbocycles. The van der Waals surface area contributed by atoms with Gasteiger partial charge < -0.3 is 10.2 Å². The summed E-state index contributed by atoms with van der Waals surface area (Å²) < 4.78 is 0. The van der Waals surface area contributed by atoms with Crippen molar-refractivity contribution < 1.29 is 14.4 Å². The van der Waals surface area contributed by atoms with Gasteiger partial charge in [0.1, 0.15) is 5.94 Å². The largest absolute Gasteiger partial charge is 0.325 e. The summed E-state index contributed by atoms with van der Waals surface area (Å²) in [4.78, 5) is 35.8. The number of nitrogens with zero attached hydrogens (tertiary/aromatic N) is 1. The highest BCUT2D eigenvalue weighted by atomic mass is 16.2. The minimum absolute atomic E-state index is 0.106. The second-order valence-electron chi connectivity index (χ2n) is 4.85. The smallest absolute Gasteiger partial charge is 0.236 e. The van der Waals surface area contributed by atoms with Gasteiger partial charge in [0.25, 0.3) is 0 Å². The van der Waals surface area contributed by atoms with E-state index in [9.17, 15) is 14.4 Å². The third kappa shape index (κ3) is 1.59. The summed E-state index contributed by atoms with van der Waals surface area (Å²) in [5.74, 6) is 1.36. The fourth-order valence-electron chi connectivity index (χ4n) is 2.88. The fraction of sp³-hybridized carbons (Fsp3) is 0.286. The van der Waals surface area contributed by atoms with Crippen LogP contribution < -0.4 is 5.32 Å². The third-order valence-electron chi connectivity index (χ3n) is 3.86. The van der Waals surface area contributed by atoms with E-state index in [2.05, 4.69) is 5.32 Å². The van der Waals surface area contributed by atoms with Crippen LogP contribution in [0.2, 0.25) is 0 Å². The lowest BCUT2D eigenvalue weighted by molar-refractivity contribution is -0.135. The van der Waals surface area contributed by atoms with Crippen LogP contribution in [0.15, 0.2) is 30.5 Å². The number of anilines is 1. The van der Waals surface area contributed by atoms with Crippen LogP contribution >= 0.6 is 0 Å². The number of benzene rings is 1. The Labute approximate surface area is 109 Å². The first-order valence-corrected chi connectivity index (χ1v) is 6.09. The molecule has 5 heteroatoms. The number of amides is 2. The van der Waals surface area contributed by atoms with Crippen LogP contribution in [0.3, 0.4) is 0 Å². The summed E-state index contributed by atoms with van der Waals surface area (Å²) in [6, 6.07) is 7.47. The molecule has 0 bridgehead atoms. The van der Waals surface area contributed by atoms with Gasteiger partial charge in [-0.15, -0.1) is 0 Å². The number of carbonyl (C=O) groups is 2. The summed E-state index contributed by atoms with van der Waals surface area (Å²) in [7, 11) is 0. The minimum Gasteiger partial charge on any atom is -0.325 e. The van der Waals surface area contributed by atoms with E-state index in [1.165, 1.54) is 4.90 Å². The average Bonchev–Trinajstić information content (AvgIpc) is 2.68. The maximum atomic E-state index is 12.3. The summed E-state index contributed by atoms with van der Waals surface area (Å²) in [6.07, 6.45) is 1.80. The van der Waals surface area contributed by atoms with Crippen molar-refractivity contribution in [1.29, 1.82) is 0 Å². The number of rotatable bonds is 1. The molecule has 96 valence electrons. The Morgan fingerprint density at radius 3 is 2.89 bits per heavy atom. The van der Waals surface area contributed by atoms with Crippen LogP contribution in [0.5, 0.6) is 0 Å². The van der Waals surface area contributed by atoms with E-state index in [0.29, 0.717) is 6.42 Å². The highest BCUT2D eigenvalue weighted by Gasteiger charge is 2.50. The molecule has 0 radical (unpaired) electrons. The van der Waals surface area contributed by atoms with Crippen LogP contribution in [-0.2, 0) is 19.8 Å². The van der Waals surface area contributed by atoms with Gasteiger partial charge in [0, 0.05) is 18.7 Å². The number of nitrogens with one attached hydrogen (secondary N) is 1. The molecule has 1 spiro atoms. The molecule has 1 N–H and O–H groups in total. The Balaban J connectivity index is 2.06. The van der Waals surface area contributed by atoms with E-state index < -0.39 is 5.41 Å². The van der Waals surface area contributed by atoms with E-state index in [-0.39, 0.29) is 24.8 Å². The van der Waals surface area contributed by atoms with E-state index in [1.54, 1.807) is 5.94 Å². The summed E-state index contributed by atoms with van der Waals surface area (Å²) in [6.45, 7) is 0.198. The Morgan fingerprint density at radius 2 is 2.11 bits per heavy atom. The number of para-hydroxylation sites is 1. The van der Waals surface area contributed by atoms with Crippen molar-refractivity contribution in [3.63, 3.8) is 0 Å². The molecule has 1 aromatic rings. The molecule has 1 saturated heterocycles. The van der Waals surface area contributed by atoms with Crippen LogP contribution in [0.25, 0.3) is 0 Å². The van der Waals surface area contributed by atoms with Gasteiger partial charge in [0.15, 0.2) is 0 Å². The topological polar surface area (TPSA) is 66.5 Å².